The lowest BCUT2D eigenvalue weighted by Gasteiger charge is -2.13. The SMILES string of the molecule is COc1cc(O)cc(OCCCCOc2ccc3c(c2)C(CC(=O)O)c2ccccc2-3)c1. The minimum absolute atomic E-state index is 0.0602. The summed E-state index contributed by atoms with van der Waals surface area (Å²) in [5.41, 5.74) is 4.24. The molecule has 2 N–H and O–H groups in total. The summed E-state index contributed by atoms with van der Waals surface area (Å²) in [5.74, 6) is 0.977. The lowest BCUT2D eigenvalue weighted by molar-refractivity contribution is -0.137. The molecule has 0 fully saturated rings. The molecule has 0 saturated carbocycles. The van der Waals surface area contributed by atoms with Gasteiger partial charge in [0.1, 0.15) is 23.0 Å². The maximum absolute atomic E-state index is 11.4. The number of hydrogen-bond acceptors (Lipinski definition) is 5. The predicted octanol–water partition coefficient (Wildman–Crippen LogP) is 5.23. The molecule has 0 aromatic heterocycles. The van der Waals surface area contributed by atoms with Crippen molar-refractivity contribution in [2.45, 2.75) is 25.2 Å². The monoisotopic (exact) mass is 434 g/mol. The Morgan fingerprint density at radius 3 is 2.28 bits per heavy atom. The highest BCUT2D eigenvalue weighted by Gasteiger charge is 2.30. The largest absolute Gasteiger partial charge is 0.508 e. The van der Waals surface area contributed by atoms with E-state index in [0.717, 1.165) is 40.8 Å². The molecule has 4 rings (SSSR count). The van der Waals surface area contributed by atoms with Crippen LogP contribution in [0.2, 0.25) is 0 Å². The number of aromatic hydroxyl groups is 1. The Morgan fingerprint density at radius 1 is 0.844 bits per heavy atom. The van der Waals surface area contributed by atoms with Crippen molar-refractivity contribution in [3.8, 4) is 34.1 Å². The normalized spacial score (nSPS) is 13.8. The van der Waals surface area contributed by atoms with Crippen LogP contribution >= 0.6 is 0 Å². The number of carbonyl (C=O) groups is 1. The first-order chi connectivity index (χ1) is 15.5. The molecule has 3 aromatic carbocycles. The van der Waals surface area contributed by atoms with Gasteiger partial charge >= 0.3 is 5.97 Å². The van der Waals surface area contributed by atoms with Gasteiger partial charge in [0.25, 0.3) is 0 Å². The molecule has 0 bridgehead atoms. The molecule has 0 saturated heterocycles. The van der Waals surface area contributed by atoms with Gasteiger partial charge in [-0.3, -0.25) is 4.79 Å². The number of methoxy groups -OCH3 is 1. The third-order valence-corrected chi connectivity index (χ3v) is 5.58. The summed E-state index contributed by atoms with van der Waals surface area (Å²) in [6.07, 6.45) is 1.65. The maximum Gasteiger partial charge on any atom is 0.304 e. The number of benzene rings is 3. The first kappa shape index (κ1) is 21.6. The van der Waals surface area contributed by atoms with E-state index in [2.05, 4.69) is 0 Å². The van der Waals surface area contributed by atoms with E-state index in [9.17, 15) is 15.0 Å². The Bertz CT molecular complexity index is 1110. The summed E-state index contributed by atoms with van der Waals surface area (Å²) in [7, 11) is 1.54. The molecule has 6 heteroatoms. The zero-order valence-corrected chi connectivity index (χ0v) is 17.9. The van der Waals surface area contributed by atoms with E-state index < -0.39 is 5.97 Å². The molecule has 1 unspecified atom stereocenters. The number of carboxylic acids is 1. The Labute approximate surface area is 187 Å². The average molecular weight is 434 g/mol. The molecule has 0 spiro atoms. The van der Waals surface area contributed by atoms with E-state index in [-0.39, 0.29) is 18.1 Å². The average Bonchev–Trinajstić information content (AvgIpc) is 3.08. The van der Waals surface area contributed by atoms with Crippen LogP contribution in [-0.2, 0) is 4.79 Å². The van der Waals surface area contributed by atoms with Gasteiger partial charge in [-0.05, 0) is 47.2 Å². The van der Waals surface area contributed by atoms with E-state index in [1.807, 2.05) is 42.5 Å². The molecule has 0 aliphatic heterocycles. The summed E-state index contributed by atoms with van der Waals surface area (Å²) in [6.45, 7) is 1.03. The van der Waals surface area contributed by atoms with Gasteiger partial charge in [-0.25, -0.2) is 0 Å². The highest BCUT2D eigenvalue weighted by molar-refractivity contribution is 5.82. The summed E-state index contributed by atoms with van der Waals surface area (Å²) >= 11 is 0. The predicted molar refractivity (Wildman–Crippen MR) is 121 cm³/mol. The van der Waals surface area contributed by atoms with Gasteiger partial charge in [0, 0.05) is 24.1 Å². The van der Waals surface area contributed by atoms with Crippen LogP contribution in [-0.4, -0.2) is 36.5 Å². The standard InChI is InChI=1S/C26H26O6/c1-30-19-12-17(27)13-20(14-19)32-11-5-4-10-31-18-8-9-23-21-6-2-3-7-22(21)25(16-26(28)29)24(23)15-18/h2-3,6-9,12-15,25,27H,4-5,10-11,16H2,1H3,(H,28,29). The van der Waals surface area contributed by atoms with E-state index >= 15 is 0 Å². The number of carboxylic acid groups (broad SMARTS) is 1. The van der Waals surface area contributed by atoms with Crippen LogP contribution in [0.1, 0.15) is 36.3 Å². The van der Waals surface area contributed by atoms with Crippen molar-refractivity contribution in [3.63, 3.8) is 0 Å². The fourth-order valence-electron chi connectivity index (χ4n) is 4.11. The number of fused-ring (bicyclic) bond motifs is 3. The van der Waals surface area contributed by atoms with Gasteiger partial charge in [-0.15, -0.1) is 0 Å². The van der Waals surface area contributed by atoms with Crippen molar-refractivity contribution in [1.29, 1.82) is 0 Å². The van der Waals surface area contributed by atoms with Crippen LogP contribution < -0.4 is 14.2 Å². The number of aliphatic carboxylic acids is 1. The van der Waals surface area contributed by atoms with Crippen LogP contribution in [0.25, 0.3) is 11.1 Å². The van der Waals surface area contributed by atoms with E-state index in [4.69, 9.17) is 14.2 Å². The minimum Gasteiger partial charge on any atom is -0.508 e. The summed E-state index contributed by atoms with van der Waals surface area (Å²) in [6, 6.07) is 18.7. The van der Waals surface area contributed by atoms with Gasteiger partial charge in [-0.1, -0.05) is 30.3 Å². The van der Waals surface area contributed by atoms with Crippen LogP contribution in [0.4, 0.5) is 0 Å². The molecule has 3 aromatic rings. The molecule has 166 valence electrons. The van der Waals surface area contributed by atoms with Crippen LogP contribution in [0.5, 0.6) is 23.0 Å². The fourth-order valence-corrected chi connectivity index (χ4v) is 4.11. The van der Waals surface area contributed by atoms with E-state index in [0.29, 0.717) is 24.7 Å². The first-order valence-corrected chi connectivity index (χ1v) is 10.6. The molecule has 1 atom stereocenters. The number of unbranched alkanes of at least 4 members (excludes halogenated alkanes) is 1. The van der Waals surface area contributed by atoms with Gasteiger partial charge in [0.2, 0.25) is 0 Å². The van der Waals surface area contributed by atoms with Gasteiger partial charge in [0.05, 0.1) is 26.7 Å². The third-order valence-electron chi connectivity index (χ3n) is 5.58. The molecule has 0 amide bonds. The first-order valence-electron chi connectivity index (χ1n) is 10.6. The Balaban J connectivity index is 1.31. The molecule has 0 heterocycles. The topological polar surface area (TPSA) is 85.2 Å². The van der Waals surface area contributed by atoms with Crippen LogP contribution in [0.3, 0.4) is 0 Å². The summed E-state index contributed by atoms with van der Waals surface area (Å²) in [5, 5.41) is 19.1. The number of rotatable bonds is 10. The fraction of sp³-hybridized carbons (Fsp3) is 0.269. The quantitative estimate of drug-likeness (QED) is 0.425. The maximum atomic E-state index is 11.4. The van der Waals surface area contributed by atoms with Gasteiger partial charge < -0.3 is 24.4 Å². The Morgan fingerprint density at radius 2 is 1.53 bits per heavy atom. The zero-order valence-electron chi connectivity index (χ0n) is 17.9. The van der Waals surface area contributed by atoms with E-state index in [1.54, 1.807) is 12.1 Å². The highest BCUT2D eigenvalue weighted by Crippen LogP contribution is 2.47. The van der Waals surface area contributed by atoms with Crippen LogP contribution in [0.15, 0.2) is 60.7 Å². The third kappa shape index (κ3) is 4.80. The smallest absolute Gasteiger partial charge is 0.304 e. The second-order valence-electron chi connectivity index (χ2n) is 7.76. The van der Waals surface area contributed by atoms with E-state index in [1.165, 1.54) is 13.2 Å². The number of phenolic OH excluding ortho intramolecular Hbond substituents is 1. The molecular formula is C26H26O6. The summed E-state index contributed by atoms with van der Waals surface area (Å²) in [4.78, 5) is 11.4. The van der Waals surface area contributed by atoms with Crippen molar-refractivity contribution >= 4 is 5.97 Å². The molecule has 1 aliphatic rings. The second kappa shape index (κ2) is 9.64. The van der Waals surface area contributed by atoms with Crippen molar-refractivity contribution < 1.29 is 29.2 Å². The Hall–Kier alpha value is -3.67. The van der Waals surface area contributed by atoms with Crippen molar-refractivity contribution in [1.82, 2.24) is 0 Å². The minimum atomic E-state index is -0.812. The van der Waals surface area contributed by atoms with Gasteiger partial charge in [-0.2, -0.15) is 0 Å². The molecule has 1 aliphatic carbocycles. The van der Waals surface area contributed by atoms with Crippen molar-refractivity contribution in [2.24, 2.45) is 0 Å². The molecule has 0 radical (unpaired) electrons. The zero-order chi connectivity index (χ0) is 22.5. The molecule has 6 nitrogen and oxygen atoms in total. The lowest BCUT2D eigenvalue weighted by Crippen LogP contribution is -2.06. The second-order valence-corrected chi connectivity index (χ2v) is 7.76. The Kier molecular flexibility index (Phi) is 6.50. The summed E-state index contributed by atoms with van der Waals surface area (Å²) < 4.78 is 16.7. The molecular weight excluding hydrogens is 408 g/mol. The van der Waals surface area contributed by atoms with Crippen molar-refractivity contribution in [3.05, 3.63) is 71.8 Å². The number of ether oxygens (including phenoxy) is 3. The van der Waals surface area contributed by atoms with Crippen LogP contribution in [0, 0.1) is 0 Å². The van der Waals surface area contributed by atoms with Crippen molar-refractivity contribution in [2.75, 3.05) is 20.3 Å². The number of phenols is 1. The molecule has 32 heavy (non-hydrogen) atoms. The number of hydrogen-bond donors (Lipinski definition) is 2. The highest BCUT2D eigenvalue weighted by atomic mass is 16.5. The van der Waals surface area contributed by atoms with Gasteiger partial charge in [0.15, 0.2) is 0 Å². The lowest BCUT2D eigenvalue weighted by atomic mass is 9.93.